The Morgan fingerprint density at radius 3 is 2.70 bits per heavy atom. The topological polar surface area (TPSA) is 86.0 Å². The van der Waals surface area contributed by atoms with Crippen LogP contribution >= 0.6 is 0 Å². The fraction of sp³-hybridized carbons (Fsp3) is 0.357. The summed E-state index contributed by atoms with van der Waals surface area (Å²) < 4.78 is 5.56. The third-order valence-corrected chi connectivity index (χ3v) is 2.61. The van der Waals surface area contributed by atoms with Gasteiger partial charge in [-0.15, -0.1) is 0 Å². The average Bonchev–Trinajstić information content (AvgIpc) is 2.46. The molecule has 0 aromatic carbocycles. The van der Waals surface area contributed by atoms with Gasteiger partial charge in [-0.3, -0.25) is 4.98 Å². The summed E-state index contributed by atoms with van der Waals surface area (Å²) in [6.07, 6.45) is 4.94. The maximum Gasteiger partial charge on any atom is 0.242 e. The first kappa shape index (κ1) is 14.0. The number of nitrogens with zero attached hydrogens (tertiary/aromatic N) is 3. The Labute approximate surface area is 118 Å². The van der Waals surface area contributed by atoms with E-state index in [9.17, 15) is 0 Å². The molecule has 3 N–H and O–H groups in total. The first-order valence-corrected chi connectivity index (χ1v) is 6.53. The first-order valence-electron chi connectivity index (χ1n) is 6.53. The second-order valence-corrected chi connectivity index (χ2v) is 4.85. The van der Waals surface area contributed by atoms with Crippen LogP contribution in [-0.2, 0) is 6.54 Å². The van der Waals surface area contributed by atoms with E-state index in [0.717, 1.165) is 5.56 Å². The van der Waals surface area contributed by atoms with Crippen molar-refractivity contribution in [3.05, 3.63) is 36.4 Å². The maximum atomic E-state index is 6.01. The minimum atomic E-state index is 0.414. The molecule has 0 aliphatic carbocycles. The van der Waals surface area contributed by atoms with Crippen molar-refractivity contribution in [3.8, 4) is 5.88 Å². The number of rotatable bonds is 6. The predicted octanol–water partition coefficient (Wildman–Crippen LogP) is 2.10. The van der Waals surface area contributed by atoms with Crippen molar-refractivity contribution >= 4 is 11.5 Å². The lowest BCUT2D eigenvalue weighted by Crippen LogP contribution is -2.10. The highest BCUT2D eigenvalue weighted by molar-refractivity contribution is 5.66. The molecule has 0 spiro atoms. The summed E-state index contributed by atoms with van der Waals surface area (Å²) >= 11 is 0. The number of anilines is 2. The van der Waals surface area contributed by atoms with Gasteiger partial charge >= 0.3 is 0 Å². The predicted molar refractivity (Wildman–Crippen MR) is 78.3 cm³/mol. The van der Waals surface area contributed by atoms with Crippen LogP contribution in [0.15, 0.2) is 30.9 Å². The SMILES string of the molecule is CC(C)COc1ncnc(NCc2ccncc2)c1N. The lowest BCUT2D eigenvalue weighted by atomic mass is 10.2. The zero-order chi connectivity index (χ0) is 14.4. The molecular weight excluding hydrogens is 254 g/mol. The molecule has 2 aromatic rings. The molecule has 2 rings (SSSR count). The van der Waals surface area contributed by atoms with Crippen molar-refractivity contribution in [2.75, 3.05) is 17.7 Å². The highest BCUT2D eigenvalue weighted by Gasteiger charge is 2.09. The van der Waals surface area contributed by atoms with Crippen LogP contribution in [0.2, 0.25) is 0 Å². The van der Waals surface area contributed by atoms with E-state index in [1.54, 1.807) is 12.4 Å². The van der Waals surface area contributed by atoms with Gasteiger partial charge in [0.15, 0.2) is 5.82 Å². The molecule has 0 atom stereocenters. The molecule has 0 bridgehead atoms. The largest absolute Gasteiger partial charge is 0.476 e. The van der Waals surface area contributed by atoms with Crippen LogP contribution in [0.1, 0.15) is 19.4 Å². The first-order chi connectivity index (χ1) is 9.66. The highest BCUT2D eigenvalue weighted by Crippen LogP contribution is 2.25. The van der Waals surface area contributed by atoms with Gasteiger partial charge in [0, 0.05) is 18.9 Å². The van der Waals surface area contributed by atoms with E-state index in [4.69, 9.17) is 10.5 Å². The van der Waals surface area contributed by atoms with Crippen LogP contribution in [0, 0.1) is 5.92 Å². The third-order valence-electron chi connectivity index (χ3n) is 2.61. The summed E-state index contributed by atoms with van der Waals surface area (Å²) in [6.45, 7) is 5.33. The number of hydrogen-bond acceptors (Lipinski definition) is 6. The molecule has 6 heteroatoms. The summed E-state index contributed by atoms with van der Waals surface area (Å²) in [6, 6.07) is 3.86. The van der Waals surface area contributed by atoms with E-state index in [0.29, 0.717) is 36.5 Å². The maximum absolute atomic E-state index is 6.01. The van der Waals surface area contributed by atoms with Crippen molar-refractivity contribution in [1.82, 2.24) is 15.0 Å². The fourth-order valence-electron chi connectivity index (χ4n) is 1.57. The quantitative estimate of drug-likeness (QED) is 0.838. The molecule has 0 aliphatic heterocycles. The molecule has 0 saturated carbocycles. The van der Waals surface area contributed by atoms with Gasteiger partial charge in [0.25, 0.3) is 0 Å². The lowest BCUT2D eigenvalue weighted by molar-refractivity contribution is 0.262. The molecule has 0 radical (unpaired) electrons. The number of nitrogen functional groups attached to an aromatic ring is 1. The van der Waals surface area contributed by atoms with E-state index in [1.165, 1.54) is 6.33 Å². The molecule has 0 saturated heterocycles. The van der Waals surface area contributed by atoms with Crippen LogP contribution in [0.5, 0.6) is 5.88 Å². The molecule has 0 amide bonds. The van der Waals surface area contributed by atoms with Gasteiger partial charge in [0.1, 0.15) is 12.0 Å². The minimum Gasteiger partial charge on any atom is -0.476 e. The summed E-state index contributed by atoms with van der Waals surface area (Å²) in [7, 11) is 0. The number of nitrogens with one attached hydrogen (secondary N) is 1. The normalized spacial score (nSPS) is 10.6. The molecule has 106 valence electrons. The van der Waals surface area contributed by atoms with Crippen molar-refractivity contribution in [3.63, 3.8) is 0 Å². The zero-order valence-electron chi connectivity index (χ0n) is 11.7. The van der Waals surface area contributed by atoms with Crippen molar-refractivity contribution in [1.29, 1.82) is 0 Å². The second kappa shape index (κ2) is 6.70. The molecule has 0 fully saturated rings. The third kappa shape index (κ3) is 3.81. The number of hydrogen-bond donors (Lipinski definition) is 2. The molecule has 6 nitrogen and oxygen atoms in total. The van der Waals surface area contributed by atoms with E-state index in [1.807, 2.05) is 12.1 Å². The Bertz CT molecular complexity index is 545. The van der Waals surface area contributed by atoms with Crippen LogP contribution in [0.3, 0.4) is 0 Å². The fourth-order valence-corrected chi connectivity index (χ4v) is 1.57. The summed E-state index contributed by atoms with van der Waals surface area (Å²) in [5.74, 6) is 1.42. The van der Waals surface area contributed by atoms with Gasteiger partial charge in [-0.1, -0.05) is 13.8 Å². The smallest absolute Gasteiger partial charge is 0.242 e. The number of ether oxygens (including phenoxy) is 1. The Hall–Kier alpha value is -2.37. The number of nitrogens with two attached hydrogens (primary N) is 1. The number of pyridine rings is 1. The van der Waals surface area contributed by atoms with Gasteiger partial charge in [0.2, 0.25) is 5.88 Å². The van der Waals surface area contributed by atoms with Gasteiger partial charge in [-0.2, -0.15) is 4.98 Å². The molecule has 2 aromatic heterocycles. The van der Waals surface area contributed by atoms with E-state index < -0.39 is 0 Å². The van der Waals surface area contributed by atoms with Gasteiger partial charge in [-0.05, 0) is 23.6 Å². The van der Waals surface area contributed by atoms with Crippen molar-refractivity contribution < 1.29 is 4.74 Å². The second-order valence-electron chi connectivity index (χ2n) is 4.85. The molecule has 0 aliphatic rings. The Balaban J connectivity index is 2.03. The highest BCUT2D eigenvalue weighted by atomic mass is 16.5. The van der Waals surface area contributed by atoms with Gasteiger partial charge in [0.05, 0.1) is 6.61 Å². The van der Waals surface area contributed by atoms with Crippen molar-refractivity contribution in [2.24, 2.45) is 5.92 Å². The zero-order valence-corrected chi connectivity index (χ0v) is 11.7. The summed E-state index contributed by atoms with van der Waals surface area (Å²) in [5.41, 5.74) is 7.54. The van der Waals surface area contributed by atoms with Crippen LogP contribution in [0.4, 0.5) is 11.5 Å². The van der Waals surface area contributed by atoms with Crippen LogP contribution < -0.4 is 15.8 Å². The molecule has 0 unspecified atom stereocenters. The standard InChI is InChI=1S/C14H19N5O/c1-10(2)8-20-14-12(15)13(18-9-19-14)17-7-11-3-5-16-6-4-11/h3-6,9-10H,7-8,15H2,1-2H3,(H,17,18,19). The van der Waals surface area contributed by atoms with Gasteiger partial charge < -0.3 is 15.8 Å². The monoisotopic (exact) mass is 273 g/mol. The molecule has 2 heterocycles. The Morgan fingerprint density at radius 2 is 2.00 bits per heavy atom. The average molecular weight is 273 g/mol. The minimum absolute atomic E-state index is 0.414. The molecular formula is C14H19N5O. The summed E-state index contributed by atoms with van der Waals surface area (Å²) in [5, 5.41) is 3.17. The van der Waals surface area contributed by atoms with Crippen molar-refractivity contribution in [2.45, 2.75) is 20.4 Å². The van der Waals surface area contributed by atoms with Crippen LogP contribution in [-0.4, -0.2) is 21.6 Å². The van der Waals surface area contributed by atoms with Gasteiger partial charge in [-0.25, -0.2) is 4.98 Å². The van der Waals surface area contributed by atoms with E-state index in [2.05, 4.69) is 34.1 Å². The van der Waals surface area contributed by atoms with E-state index in [-0.39, 0.29) is 0 Å². The Morgan fingerprint density at radius 1 is 1.25 bits per heavy atom. The Kier molecular flexibility index (Phi) is 4.70. The summed E-state index contributed by atoms with van der Waals surface area (Å²) in [4.78, 5) is 12.2. The lowest BCUT2D eigenvalue weighted by Gasteiger charge is -2.13. The van der Waals surface area contributed by atoms with E-state index >= 15 is 0 Å². The van der Waals surface area contributed by atoms with Crippen LogP contribution in [0.25, 0.3) is 0 Å². The number of aromatic nitrogens is 3. The molecule has 20 heavy (non-hydrogen) atoms.